The molecule has 0 saturated carbocycles. The van der Waals surface area contributed by atoms with E-state index in [4.69, 9.17) is 4.74 Å². The van der Waals surface area contributed by atoms with Crippen LogP contribution in [-0.2, 0) is 11.2 Å². The van der Waals surface area contributed by atoms with Crippen LogP contribution in [0.25, 0.3) is 0 Å². The number of aromatic amines is 1. The number of nitrogens with one attached hydrogen (secondary N) is 1. The molecule has 1 aliphatic heterocycles. The molecule has 144 valence electrons. The Labute approximate surface area is 159 Å². The van der Waals surface area contributed by atoms with Crippen LogP contribution in [0.15, 0.2) is 24.5 Å². The van der Waals surface area contributed by atoms with Crippen LogP contribution in [0.4, 0.5) is 0 Å². The summed E-state index contributed by atoms with van der Waals surface area (Å²) in [6.45, 7) is 4.48. The second kappa shape index (κ2) is 8.37. The molecule has 1 N–H and O–H groups in total. The minimum absolute atomic E-state index is 0.0253. The van der Waals surface area contributed by atoms with E-state index in [1.54, 1.807) is 12.4 Å². The first kappa shape index (κ1) is 19.1. The van der Waals surface area contributed by atoms with Crippen molar-refractivity contribution >= 4 is 11.9 Å². The fourth-order valence-electron chi connectivity index (χ4n) is 3.94. The van der Waals surface area contributed by atoms with Gasteiger partial charge in [0.05, 0.1) is 18.7 Å². The summed E-state index contributed by atoms with van der Waals surface area (Å²) in [5.74, 6) is -0.456. The molecule has 27 heavy (non-hydrogen) atoms. The largest absolute Gasteiger partial charge is 0.465 e. The summed E-state index contributed by atoms with van der Waals surface area (Å²) < 4.78 is 4.92. The van der Waals surface area contributed by atoms with E-state index in [0.29, 0.717) is 29.8 Å². The van der Waals surface area contributed by atoms with Gasteiger partial charge < -0.3 is 14.6 Å². The van der Waals surface area contributed by atoms with Crippen molar-refractivity contribution in [3.8, 4) is 0 Å². The highest BCUT2D eigenvalue weighted by Crippen LogP contribution is 2.32. The zero-order chi connectivity index (χ0) is 19.4. The first-order chi connectivity index (χ1) is 13.1. The molecule has 6 nitrogen and oxygen atoms in total. The van der Waals surface area contributed by atoms with Gasteiger partial charge in [0.15, 0.2) is 0 Å². The smallest absolute Gasteiger partial charge is 0.339 e. The predicted octanol–water partition coefficient (Wildman–Crippen LogP) is 3.82. The lowest BCUT2D eigenvalue weighted by molar-refractivity contribution is 0.0599. The number of hydrogen-bond donors (Lipinski definition) is 1. The number of H-pyrrole nitrogens is 1. The van der Waals surface area contributed by atoms with Crippen LogP contribution in [0.3, 0.4) is 0 Å². The second-order valence-electron chi connectivity index (χ2n) is 6.97. The summed E-state index contributed by atoms with van der Waals surface area (Å²) in [5.41, 5.74) is 3.50. The standard InChI is InChI=1S/C21H27N3O3/c1-4-16-18(21(26)27-3)14(2)19(23-16)20(25)24-13-7-5-6-8-17(24)15-9-11-22-12-10-15/h9-12,17,23H,4-8,13H2,1-3H3. The minimum Gasteiger partial charge on any atom is -0.465 e. The molecule has 1 fully saturated rings. The lowest BCUT2D eigenvalue weighted by Gasteiger charge is -2.30. The third-order valence-corrected chi connectivity index (χ3v) is 5.39. The van der Waals surface area contributed by atoms with Crippen LogP contribution in [-0.4, -0.2) is 40.4 Å². The normalized spacial score (nSPS) is 17.4. The van der Waals surface area contributed by atoms with E-state index >= 15 is 0 Å². The molecule has 1 atom stereocenters. The number of ether oxygens (including phenoxy) is 1. The van der Waals surface area contributed by atoms with E-state index < -0.39 is 5.97 Å². The monoisotopic (exact) mass is 369 g/mol. The maximum atomic E-state index is 13.5. The maximum absolute atomic E-state index is 13.5. The number of aromatic nitrogens is 2. The van der Waals surface area contributed by atoms with Gasteiger partial charge >= 0.3 is 5.97 Å². The van der Waals surface area contributed by atoms with Crippen molar-refractivity contribution in [3.05, 3.63) is 52.6 Å². The molecule has 2 aromatic heterocycles. The molecule has 1 aliphatic rings. The molecule has 2 aromatic rings. The molecule has 3 heterocycles. The number of pyridine rings is 1. The van der Waals surface area contributed by atoms with E-state index in [9.17, 15) is 9.59 Å². The highest BCUT2D eigenvalue weighted by atomic mass is 16.5. The maximum Gasteiger partial charge on any atom is 0.339 e. The average Bonchev–Trinajstić information content (AvgIpc) is 2.87. The van der Waals surface area contributed by atoms with Crippen LogP contribution >= 0.6 is 0 Å². The Kier molecular flexibility index (Phi) is 5.94. The zero-order valence-corrected chi connectivity index (χ0v) is 16.2. The summed E-state index contributed by atoms with van der Waals surface area (Å²) in [7, 11) is 1.37. The molecule has 1 unspecified atom stereocenters. The van der Waals surface area contributed by atoms with E-state index in [2.05, 4.69) is 9.97 Å². The average molecular weight is 369 g/mol. The number of carbonyl (C=O) groups is 2. The van der Waals surface area contributed by atoms with Gasteiger partial charge in [-0.2, -0.15) is 0 Å². The summed E-state index contributed by atoms with van der Waals surface area (Å²) >= 11 is 0. The van der Waals surface area contributed by atoms with Crippen LogP contribution in [0.1, 0.15) is 76.3 Å². The van der Waals surface area contributed by atoms with Crippen molar-refractivity contribution in [1.29, 1.82) is 0 Å². The van der Waals surface area contributed by atoms with Gasteiger partial charge in [-0.15, -0.1) is 0 Å². The Balaban J connectivity index is 2.00. The highest BCUT2D eigenvalue weighted by Gasteiger charge is 2.31. The molecular weight excluding hydrogens is 342 g/mol. The number of amides is 1. The Morgan fingerprint density at radius 3 is 2.67 bits per heavy atom. The number of nitrogens with zero attached hydrogens (tertiary/aromatic N) is 2. The number of aryl methyl sites for hydroxylation is 1. The van der Waals surface area contributed by atoms with Crippen molar-refractivity contribution < 1.29 is 14.3 Å². The van der Waals surface area contributed by atoms with Crippen molar-refractivity contribution in [3.63, 3.8) is 0 Å². The van der Waals surface area contributed by atoms with Crippen molar-refractivity contribution in [2.45, 2.75) is 52.0 Å². The third-order valence-electron chi connectivity index (χ3n) is 5.39. The van der Waals surface area contributed by atoms with Crippen molar-refractivity contribution in [1.82, 2.24) is 14.9 Å². The minimum atomic E-state index is -0.402. The summed E-state index contributed by atoms with van der Waals surface area (Å²) in [6.07, 6.45) is 8.29. The Morgan fingerprint density at radius 1 is 1.26 bits per heavy atom. The Hall–Kier alpha value is -2.63. The van der Waals surface area contributed by atoms with Gasteiger partial charge in [0.2, 0.25) is 0 Å². The van der Waals surface area contributed by atoms with Gasteiger partial charge in [0.25, 0.3) is 5.91 Å². The number of methoxy groups -OCH3 is 1. The van der Waals surface area contributed by atoms with E-state index in [-0.39, 0.29) is 11.9 Å². The molecule has 1 saturated heterocycles. The highest BCUT2D eigenvalue weighted by molar-refractivity contribution is 6.00. The molecule has 6 heteroatoms. The first-order valence-electron chi connectivity index (χ1n) is 9.59. The Bertz CT molecular complexity index is 814. The fraction of sp³-hybridized carbons (Fsp3) is 0.476. The lowest BCUT2D eigenvalue weighted by atomic mass is 10.0. The van der Waals surface area contributed by atoms with Gasteiger partial charge in [0, 0.05) is 24.6 Å². The first-order valence-corrected chi connectivity index (χ1v) is 9.59. The fourth-order valence-corrected chi connectivity index (χ4v) is 3.94. The third kappa shape index (κ3) is 3.75. The Morgan fingerprint density at radius 2 is 2.00 bits per heavy atom. The number of rotatable bonds is 4. The molecule has 0 aliphatic carbocycles. The van der Waals surface area contributed by atoms with E-state index in [1.807, 2.05) is 30.9 Å². The van der Waals surface area contributed by atoms with Crippen LogP contribution in [0.5, 0.6) is 0 Å². The molecule has 0 bridgehead atoms. The topological polar surface area (TPSA) is 75.3 Å². The zero-order valence-electron chi connectivity index (χ0n) is 16.2. The van der Waals surface area contributed by atoms with E-state index in [0.717, 1.165) is 36.9 Å². The van der Waals surface area contributed by atoms with Crippen LogP contribution in [0, 0.1) is 6.92 Å². The van der Waals surface area contributed by atoms with Gasteiger partial charge in [-0.1, -0.05) is 19.8 Å². The number of hydrogen-bond acceptors (Lipinski definition) is 4. The molecule has 1 amide bonds. The predicted molar refractivity (Wildman–Crippen MR) is 103 cm³/mol. The van der Waals surface area contributed by atoms with Gasteiger partial charge in [-0.3, -0.25) is 9.78 Å². The molecule has 3 rings (SSSR count). The summed E-state index contributed by atoms with van der Waals surface area (Å²) in [4.78, 5) is 34.9. The quantitative estimate of drug-likeness (QED) is 0.831. The number of likely N-dealkylation sites (tertiary alicyclic amines) is 1. The lowest BCUT2D eigenvalue weighted by Crippen LogP contribution is -2.35. The van der Waals surface area contributed by atoms with Gasteiger partial charge in [-0.25, -0.2) is 4.79 Å². The molecule has 0 radical (unpaired) electrons. The molecule has 0 spiro atoms. The van der Waals surface area contributed by atoms with Crippen LogP contribution in [0.2, 0.25) is 0 Å². The number of esters is 1. The SMILES string of the molecule is CCc1[nH]c(C(=O)N2CCCCCC2c2ccncc2)c(C)c1C(=O)OC. The summed E-state index contributed by atoms with van der Waals surface area (Å²) in [6, 6.07) is 3.99. The summed E-state index contributed by atoms with van der Waals surface area (Å²) in [5, 5.41) is 0. The molecular formula is C21H27N3O3. The molecule has 0 aromatic carbocycles. The van der Waals surface area contributed by atoms with E-state index in [1.165, 1.54) is 7.11 Å². The second-order valence-corrected chi connectivity index (χ2v) is 6.97. The van der Waals surface area contributed by atoms with Crippen LogP contribution < -0.4 is 0 Å². The van der Waals surface area contributed by atoms with Crippen molar-refractivity contribution in [2.75, 3.05) is 13.7 Å². The number of carbonyl (C=O) groups excluding carboxylic acids is 2. The van der Waals surface area contributed by atoms with Gasteiger partial charge in [-0.05, 0) is 49.4 Å². The van der Waals surface area contributed by atoms with Gasteiger partial charge in [0.1, 0.15) is 5.69 Å². The van der Waals surface area contributed by atoms with Crippen molar-refractivity contribution in [2.24, 2.45) is 0 Å².